The third-order valence-electron chi connectivity index (χ3n) is 5.69. The quantitative estimate of drug-likeness (QED) is 0.386. The molecule has 178 valence electrons. The molecule has 0 aliphatic carbocycles. The Morgan fingerprint density at radius 2 is 1.41 bits per heavy atom. The molecule has 0 heterocycles. The first-order valence-electron chi connectivity index (χ1n) is 11.8. The average molecular weight is 477 g/mol. The van der Waals surface area contributed by atoms with Gasteiger partial charge in [0.1, 0.15) is 6.04 Å². The largest absolute Gasteiger partial charge is 0.354 e. The Morgan fingerprint density at radius 3 is 2.00 bits per heavy atom. The molecule has 0 radical (unpaired) electrons. The van der Waals surface area contributed by atoms with Crippen LogP contribution in [-0.2, 0) is 29.0 Å². The number of halogens is 1. The first-order valence-corrected chi connectivity index (χ1v) is 12.2. The van der Waals surface area contributed by atoms with Crippen molar-refractivity contribution in [3.63, 3.8) is 0 Å². The SMILES string of the molecule is CC(C)CNC(=O)[C@@H](Cc1ccccc1)N(Cc1ccc(Cl)cc1)C(=O)CCc1ccccc1. The molecule has 0 bridgehead atoms. The zero-order chi connectivity index (χ0) is 24.3. The number of carbonyl (C=O) groups is 2. The average Bonchev–Trinajstić information content (AvgIpc) is 2.85. The van der Waals surface area contributed by atoms with E-state index in [0.717, 1.165) is 16.7 Å². The van der Waals surface area contributed by atoms with Crippen LogP contribution < -0.4 is 5.32 Å². The van der Waals surface area contributed by atoms with Crippen LogP contribution in [0.15, 0.2) is 84.9 Å². The minimum Gasteiger partial charge on any atom is -0.354 e. The van der Waals surface area contributed by atoms with Gasteiger partial charge in [-0.05, 0) is 41.2 Å². The summed E-state index contributed by atoms with van der Waals surface area (Å²) in [6.07, 6.45) is 1.41. The van der Waals surface area contributed by atoms with Crippen LogP contribution in [0.3, 0.4) is 0 Å². The molecular formula is C29H33ClN2O2. The Labute approximate surface area is 207 Å². The van der Waals surface area contributed by atoms with Crippen molar-refractivity contribution in [1.82, 2.24) is 10.2 Å². The van der Waals surface area contributed by atoms with Crippen LogP contribution in [0.2, 0.25) is 5.02 Å². The van der Waals surface area contributed by atoms with Crippen LogP contribution in [0, 0.1) is 5.92 Å². The molecule has 34 heavy (non-hydrogen) atoms. The fraction of sp³-hybridized carbons (Fsp3) is 0.310. The lowest BCUT2D eigenvalue weighted by Gasteiger charge is -2.32. The van der Waals surface area contributed by atoms with Gasteiger partial charge in [0.05, 0.1) is 0 Å². The minimum atomic E-state index is -0.611. The summed E-state index contributed by atoms with van der Waals surface area (Å²) in [6, 6.07) is 26.7. The molecule has 1 N–H and O–H groups in total. The van der Waals surface area contributed by atoms with Crippen LogP contribution in [0.1, 0.15) is 37.0 Å². The molecule has 0 aliphatic heterocycles. The summed E-state index contributed by atoms with van der Waals surface area (Å²) in [5.41, 5.74) is 3.06. The molecule has 4 nitrogen and oxygen atoms in total. The molecule has 0 saturated carbocycles. The Bertz CT molecular complexity index is 1040. The fourth-order valence-electron chi connectivity index (χ4n) is 3.80. The molecule has 0 spiro atoms. The van der Waals surface area contributed by atoms with Crippen molar-refractivity contribution in [2.24, 2.45) is 5.92 Å². The number of nitrogens with zero attached hydrogens (tertiary/aromatic N) is 1. The van der Waals surface area contributed by atoms with Gasteiger partial charge in [-0.15, -0.1) is 0 Å². The van der Waals surface area contributed by atoms with Gasteiger partial charge in [-0.25, -0.2) is 0 Å². The molecule has 0 aromatic heterocycles. The summed E-state index contributed by atoms with van der Waals surface area (Å²) in [6.45, 7) is 5.03. The lowest BCUT2D eigenvalue weighted by Crippen LogP contribution is -2.51. The topological polar surface area (TPSA) is 49.4 Å². The van der Waals surface area contributed by atoms with Crippen LogP contribution in [0.25, 0.3) is 0 Å². The van der Waals surface area contributed by atoms with E-state index in [2.05, 4.69) is 19.2 Å². The predicted octanol–water partition coefficient (Wildman–Crippen LogP) is 5.68. The maximum atomic E-state index is 13.6. The smallest absolute Gasteiger partial charge is 0.243 e. The van der Waals surface area contributed by atoms with E-state index >= 15 is 0 Å². The van der Waals surface area contributed by atoms with Gasteiger partial charge in [0.25, 0.3) is 0 Å². The van der Waals surface area contributed by atoms with Crippen molar-refractivity contribution in [3.8, 4) is 0 Å². The van der Waals surface area contributed by atoms with Crippen molar-refractivity contribution in [1.29, 1.82) is 0 Å². The Kier molecular flexibility index (Phi) is 9.72. The monoisotopic (exact) mass is 476 g/mol. The van der Waals surface area contributed by atoms with Crippen molar-refractivity contribution in [2.75, 3.05) is 6.54 Å². The molecule has 1 atom stereocenters. The number of nitrogens with one attached hydrogen (secondary N) is 1. The first-order chi connectivity index (χ1) is 16.4. The molecule has 0 unspecified atom stereocenters. The van der Waals surface area contributed by atoms with E-state index in [1.165, 1.54) is 0 Å². The standard InChI is InChI=1S/C29H33ClN2O2/c1-22(2)20-31-29(34)27(19-24-11-7-4-8-12-24)32(21-25-13-16-26(30)17-14-25)28(33)18-15-23-9-5-3-6-10-23/h3-14,16-17,22,27H,15,18-21H2,1-2H3,(H,31,34)/t27-/m1/s1. The molecule has 2 amide bonds. The maximum Gasteiger partial charge on any atom is 0.243 e. The molecule has 3 rings (SSSR count). The van der Waals surface area contributed by atoms with Gasteiger partial charge in [0, 0.05) is 31.0 Å². The van der Waals surface area contributed by atoms with Gasteiger partial charge in [-0.1, -0.05) is 98.2 Å². The van der Waals surface area contributed by atoms with Gasteiger partial charge < -0.3 is 10.2 Å². The highest BCUT2D eigenvalue weighted by Gasteiger charge is 2.30. The number of rotatable bonds is 11. The summed E-state index contributed by atoms with van der Waals surface area (Å²) in [4.78, 5) is 28.7. The number of hydrogen-bond donors (Lipinski definition) is 1. The van der Waals surface area contributed by atoms with Crippen LogP contribution in [-0.4, -0.2) is 29.3 Å². The van der Waals surface area contributed by atoms with E-state index in [9.17, 15) is 9.59 Å². The zero-order valence-electron chi connectivity index (χ0n) is 19.9. The van der Waals surface area contributed by atoms with Crippen molar-refractivity contribution in [3.05, 3.63) is 107 Å². The van der Waals surface area contributed by atoms with E-state index in [4.69, 9.17) is 11.6 Å². The number of amides is 2. The second kappa shape index (κ2) is 13.0. The fourth-order valence-corrected chi connectivity index (χ4v) is 3.93. The molecule has 0 aliphatic rings. The summed E-state index contributed by atoms with van der Waals surface area (Å²) in [7, 11) is 0. The lowest BCUT2D eigenvalue weighted by molar-refractivity contribution is -0.141. The normalized spacial score (nSPS) is 11.8. The van der Waals surface area contributed by atoms with E-state index in [0.29, 0.717) is 43.3 Å². The van der Waals surface area contributed by atoms with Crippen molar-refractivity contribution >= 4 is 23.4 Å². The molecule has 3 aromatic rings. The van der Waals surface area contributed by atoms with Crippen molar-refractivity contribution in [2.45, 2.75) is 45.7 Å². The second-order valence-corrected chi connectivity index (χ2v) is 9.41. The van der Waals surface area contributed by atoms with E-state index in [-0.39, 0.29) is 11.8 Å². The van der Waals surface area contributed by atoms with Crippen LogP contribution in [0.5, 0.6) is 0 Å². The van der Waals surface area contributed by atoms with Crippen LogP contribution in [0.4, 0.5) is 0 Å². The second-order valence-electron chi connectivity index (χ2n) is 8.98. The maximum absolute atomic E-state index is 13.6. The number of aryl methyl sites for hydroxylation is 1. The summed E-state index contributed by atoms with van der Waals surface area (Å²) in [5, 5.41) is 3.69. The van der Waals surface area contributed by atoms with E-state index in [1.54, 1.807) is 4.90 Å². The van der Waals surface area contributed by atoms with Gasteiger partial charge in [0.15, 0.2) is 0 Å². The van der Waals surface area contributed by atoms with Crippen molar-refractivity contribution < 1.29 is 9.59 Å². The van der Waals surface area contributed by atoms with Crippen LogP contribution >= 0.6 is 11.6 Å². The highest BCUT2D eigenvalue weighted by Crippen LogP contribution is 2.18. The summed E-state index contributed by atoms with van der Waals surface area (Å²) >= 11 is 6.07. The highest BCUT2D eigenvalue weighted by molar-refractivity contribution is 6.30. The molecule has 3 aromatic carbocycles. The third kappa shape index (κ3) is 8.03. The minimum absolute atomic E-state index is 0.0422. The zero-order valence-corrected chi connectivity index (χ0v) is 20.7. The molecular weight excluding hydrogens is 444 g/mol. The van der Waals surface area contributed by atoms with Gasteiger partial charge >= 0.3 is 0 Å². The molecule has 0 fully saturated rings. The number of carbonyl (C=O) groups excluding carboxylic acids is 2. The lowest BCUT2D eigenvalue weighted by atomic mass is 10.0. The number of benzene rings is 3. The van der Waals surface area contributed by atoms with E-state index in [1.807, 2.05) is 84.9 Å². The Morgan fingerprint density at radius 1 is 0.824 bits per heavy atom. The summed E-state index contributed by atoms with van der Waals surface area (Å²) < 4.78 is 0. The first kappa shape index (κ1) is 25.5. The molecule has 5 heteroatoms. The molecule has 0 saturated heterocycles. The van der Waals surface area contributed by atoms with E-state index < -0.39 is 6.04 Å². The Balaban J connectivity index is 1.88. The summed E-state index contributed by atoms with van der Waals surface area (Å²) in [5.74, 6) is 0.152. The van der Waals surface area contributed by atoms with Gasteiger partial charge in [-0.2, -0.15) is 0 Å². The predicted molar refractivity (Wildman–Crippen MR) is 139 cm³/mol. The highest BCUT2D eigenvalue weighted by atomic mass is 35.5. The van der Waals surface area contributed by atoms with Gasteiger partial charge in [0.2, 0.25) is 11.8 Å². The van der Waals surface area contributed by atoms with Gasteiger partial charge in [-0.3, -0.25) is 9.59 Å². The Hall–Kier alpha value is -3.11. The number of hydrogen-bond acceptors (Lipinski definition) is 2. The third-order valence-corrected chi connectivity index (χ3v) is 5.94.